The average molecular weight is 225 g/mol. The smallest absolute Gasteiger partial charge is 0.250 e. The zero-order valence-corrected chi connectivity index (χ0v) is 11.0. The first-order chi connectivity index (χ1) is 6.74. The topological polar surface area (TPSA) is 9.23 Å². The fourth-order valence-electron chi connectivity index (χ4n) is 0.887. The Hall–Kier alpha value is -0.833. The summed E-state index contributed by atoms with van der Waals surface area (Å²) in [6.45, 7) is 10.6. The normalized spacial score (nSPS) is 12.7. The van der Waals surface area contributed by atoms with Crippen LogP contribution in [0.5, 0.6) is 5.75 Å². The van der Waals surface area contributed by atoms with Gasteiger partial charge in [0.15, 0.2) is 5.82 Å². The van der Waals surface area contributed by atoms with Gasteiger partial charge in [0.2, 0.25) is 0 Å². The minimum atomic E-state index is -1.95. The summed E-state index contributed by atoms with van der Waals surface area (Å²) in [5.74, 6) is -0.0774. The van der Waals surface area contributed by atoms with Crippen LogP contribution >= 0.6 is 0 Å². The molecule has 1 aromatic rings. The van der Waals surface area contributed by atoms with Gasteiger partial charge in [-0.2, -0.15) is 0 Å². The quantitative estimate of drug-likeness (QED) is 0.691. The first kappa shape index (κ1) is 12.2. The van der Waals surface area contributed by atoms with Crippen molar-refractivity contribution < 1.29 is 8.82 Å². The molecule has 1 radical (unpaired) electrons. The highest BCUT2D eigenvalue weighted by atomic mass is 28.4. The Morgan fingerprint density at radius 1 is 1.33 bits per heavy atom. The first-order valence-corrected chi connectivity index (χ1v) is 8.00. The van der Waals surface area contributed by atoms with Crippen LogP contribution in [0.1, 0.15) is 20.8 Å². The number of hydrogen-bond donors (Lipinski definition) is 0. The van der Waals surface area contributed by atoms with Crippen molar-refractivity contribution in [2.45, 2.75) is 38.9 Å². The van der Waals surface area contributed by atoms with Gasteiger partial charge in [-0.3, -0.25) is 0 Å². The monoisotopic (exact) mass is 225 g/mol. The van der Waals surface area contributed by atoms with Gasteiger partial charge in [0, 0.05) is 6.07 Å². The van der Waals surface area contributed by atoms with Crippen LogP contribution < -0.4 is 4.43 Å². The van der Waals surface area contributed by atoms with E-state index in [2.05, 4.69) is 39.9 Å². The largest absolute Gasteiger partial charge is 0.541 e. The van der Waals surface area contributed by atoms with Crippen molar-refractivity contribution in [3.63, 3.8) is 0 Å². The molecule has 0 aliphatic carbocycles. The molecule has 0 saturated carbocycles. The molecule has 1 aromatic carbocycles. The summed E-state index contributed by atoms with van der Waals surface area (Å²) in [5.41, 5.74) is 0. The highest BCUT2D eigenvalue weighted by Gasteiger charge is 2.39. The van der Waals surface area contributed by atoms with Gasteiger partial charge in [-0.25, -0.2) is 4.39 Å². The molecule has 0 fully saturated rings. The highest BCUT2D eigenvalue weighted by Crippen LogP contribution is 2.37. The summed E-state index contributed by atoms with van der Waals surface area (Å²) < 4.78 is 19.2. The van der Waals surface area contributed by atoms with Gasteiger partial charge in [-0.15, -0.1) is 0 Å². The Balaban J connectivity index is 2.92. The van der Waals surface area contributed by atoms with E-state index >= 15 is 0 Å². The van der Waals surface area contributed by atoms with Crippen molar-refractivity contribution in [1.29, 1.82) is 0 Å². The summed E-state index contributed by atoms with van der Waals surface area (Å²) in [4.78, 5) is 0. The lowest BCUT2D eigenvalue weighted by Crippen LogP contribution is -2.44. The Morgan fingerprint density at radius 2 is 1.93 bits per heavy atom. The van der Waals surface area contributed by atoms with Crippen LogP contribution in [0.3, 0.4) is 0 Å². The van der Waals surface area contributed by atoms with E-state index in [1.807, 2.05) is 0 Å². The van der Waals surface area contributed by atoms with Gasteiger partial charge >= 0.3 is 0 Å². The van der Waals surface area contributed by atoms with E-state index < -0.39 is 8.32 Å². The number of hydrogen-bond acceptors (Lipinski definition) is 1. The van der Waals surface area contributed by atoms with Crippen LogP contribution in [0.4, 0.5) is 4.39 Å². The summed E-state index contributed by atoms with van der Waals surface area (Å²) in [7, 11) is -1.95. The first-order valence-electron chi connectivity index (χ1n) is 5.09. The molecule has 1 nitrogen and oxygen atoms in total. The standard InChI is InChI=1S/C12H18FOSi/c1-12(2,3)15(4,5)14-11-9-7-6-8-10(11)13/h6-8H,1-5H3. The number of benzene rings is 1. The SMILES string of the molecule is CC(C)(C)[Si](C)(C)Oc1[c]cccc1F. The van der Waals surface area contributed by atoms with E-state index in [1.54, 1.807) is 12.1 Å². The van der Waals surface area contributed by atoms with Crippen molar-refractivity contribution >= 4 is 8.32 Å². The van der Waals surface area contributed by atoms with E-state index in [4.69, 9.17) is 4.43 Å². The van der Waals surface area contributed by atoms with E-state index in [1.165, 1.54) is 6.07 Å². The molecular weight excluding hydrogens is 207 g/mol. The fourth-order valence-corrected chi connectivity index (χ4v) is 1.86. The molecule has 0 atom stereocenters. The molecule has 0 aromatic heterocycles. The lowest BCUT2D eigenvalue weighted by Gasteiger charge is -2.36. The average Bonchev–Trinajstić information content (AvgIpc) is 2.06. The number of para-hydroxylation sites is 1. The zero-order valence-electron chi connectivity index (χ0n) is 10.0. The Kier molecular flexibility index (Phi) is 3.24. The Bertz CT molecular complexity index is 342. The molecule has 0 aliphatic rings. The van der Waals surface area contributed by atoms with E-state index in [9.17, 15) is 4.39 Å². The summed E-state index contributed by atoms with van der Waals surface area (Å²) >= 11 is 0. The molecule has 0 saturated heterocycles. The Labute approximate surface area is 92.4 Å². The van der Waals surface area contributed by atoms with E-state index in [-0.39, 0.29) is 16.6 Å². The Morgan fingerprint density at radius 3 is 2.40 bits per heavy atom. The molecule has 0 heterocycles. The van der Waals surface area contributed by atoms with Gasteiger partial charge in [0.05, 0.1) is 0 Å². The summed E-state index contributed by atoms with van der Waals surface area (Å²) in [5, 5.41) is 0.0725. The van der Waals surface area contributed by atoms with Gasteiger partial charge in [0.1, 0.15) is 5.75 Å². The molecule has 0 aliphatic heterocycles. The van der Waals surface area contributed by atoms with Gasteiger partial charge in [-0.05, 0) is 24.2 Å². The van der Waals surface area contributed by atoms with Crippen LogP contribution in [0.2, 0.25) is 18.1 Å². The van der Waals surface area contributed by atoms with Gasteiger partial charge < -0.3 is 4.43 Å². The second kappa shape index (κ2) is 3.97. The maximum Gasteiger partial charge on any atom is 0.250 e. The molecular formula is C12H18FOSi. The lowest BCUT2D eigenvalue weighted by molar-refractivity contribution is 0.456. The molecule has 0 spiro atoms. The van der Waals surface area contributed by atoms with Crippen molar-refractivity contribution in [1.82, 2.24) is 0 Å². The minimum absolute atomic E-state index is 0.0725. The minimum Gasteiger partial charge on any atom is -0.541 e. The third-order valence-electron chi connectivity index (χ3n) is 2.93. The third-order valence-corrected chi connectivity index (χ3v) is 7.26. The molecule has 0 amide bonds. The lowest BCUT2D eigenvalue weighted by atomic mass is 10.2. The molecule has 1 rings (SSSR count). The fraction of sp³-hybridized carbons (Fsp3) is 0.500. The van der Waals surface area contributed by atoms with Crippen molar-refractivity contribution in [2.24, 2.45) is 0 Å². The maximum absolute atomic E-state index is 13.4. The van der Waals surface area contributed by atoms with Crippen LogP contribution in [-0.4, -0.2) is 8.32 Å². The van der Waals surface area contributed by atoms with E-state index in [0.717, 1.165) is 0 Å². The van der Waals surface area contributed by atoms with Crippen LogP contribution in [0, 0.1) is 11.9 Å². The predicted octanol–water partition coefficient (Wildman–Crippen LogP) is 4.01. The van der Waals surface area contributed by atoms with E-state index in [0.29, 0.717) is 0 Å². The number of rotatable bonds is 2. The summed E-state index contributed by atoms with van der Waals surface area (Å²) in [6.07, 6.45) is 0. The van der Waals surface area contributed by atoms with Crippen molar-refractivity contribution in [3.8, 4) is 5.75 Å². The molecule has 15 heavy (non-hydrogen) atoms. The summed E-state index contributed by atoms with van der Waals surface area (Å²) in [6, 6.07) is 7.50. The molecule has 0 N–H and O–H groups in total. The second-order valence-electron chi connectivity index (χ2n) is 5.21. The van der Waals surface area contributed by atoms with Gasteiger partial charge in [-0.1, -0.05) is 32.9 Å². The maximum atomic E-state index is 13.4. The third kappa shape index (κ3) is 2.81. The number of halogens is 1. The van der Waals surface area contributed by atoms with Crippen molar-refractivity contribution in [2.75, 3.05) is 0 Å². The van der Waals surface area contributed by atoms with Crippen LogP contribution in [0.15, 0.2) is 18.2 Å². The highest BCUT2D eigenvalue weighted by molar-refractivity contribution is 6.74. The molecule has 83 valence electrons. The zero-order chi connectivity index (χ0) is 11.7. The molecule has 0 unspecified atom stereocenters. The van der Waals surface area contributed by atoms with Gasteiger partial charge in [0.25, 0.3) is 8.32 Å². The van der Waals surface area contributed by atoms with Crippen LogP contribution in [0.25, 0.3) is 0 Å². The van der Waals surface area contributed by atoms with Crippen LogP contribution in [-0.2, 0) is 0 Å². The predicted molar refractivity (Wildman–Crippen MR) is 63.1 cm³/mol. The molecule has 3 heteroatoms. The molecule has 0 bridgehead atoms. The van der Waals surface area contributed by atoms with Crippen molar-refractivity contribution in [3.05, 3.63) is 30.1 Å². The second-order valence-corrected chi connectivity index (χ2v) is 9.93.